The second-order valence-corrected chi connectivity index (χ2v) is 8.31. The number of likely N-dealkylation sites (tertiary alicyclic amines) is 1. The molecule has 2 aromatic rings. The average Bonchev–Trinajstić information content (AvgIpc) is 2.94. The summed E-state index contributed by atoms with van der Waals surface area (Å²) in [6.07, 6.45) is 3.58. The fraction of sp³-hybridized carbons (Fsp3) is 0.588. The number of hydrogen-bond donors (Lipinski definition) is 1. The molecule has 8 heteroatoms. The van der Waals surface area contributed by atoms with Gasteiger partial charge in [0, 0.05) is 25.2 Å². The van der Waals surface area contributed by atoms with Crippen LogP contribution in [0.2, 0.25) is 0 Å². The molecule has 7 nitrogen and oxygen atoms in total. The third kappa shape index (κ3) is 3.80. The molecule has 2 heterocycles. The molecule has 25 heavy (non-hydrogen) atoms. The molecule has 138 valence electrons. The van der Waals surface area contributed by atoms with E-state index in [0.29, 0.717) is 24.2 Å². The minimum absolute atomic E-state index is 0.114. The summed E-state index contributed by atoms with van der Waals surface area (Å²) < 4.78 is 34.4. The van der Waals surface area contributed by atoms with Crippen LogP contribution in [0.5, 0.6) is 0 Å². The van der Waals surface area contributed by atoms with Crippen molar-refractivity contribution in [2.24, 2.45) is 0 Å². The van der Waals surface area contributed by atoms with Crippen LogP contribution in [-0.2, 0) is 16.6 Å². The van der Waals surface area contributed by atoms with Gasteiger partial charge >= 0.3 is 5.76 Å². The molecule has 1 saturated heterocycles. The zero-order chi connectivity index (χ0) is 18.0. The lowest BCUT2D eigenvalue weighted by molar-refractivity contribution is 0.175. The average molecular weight is 367 g/mol. The first-order valence-corrected chi connectivity index (χ1v) is 10.3. The number of nitrogens with one attached hydrogen (secondary N) is 1. The van der Waals surface area contributed by atoms with E-state index in [1.54, 1.807) is 6.07 Å². The van der Waals surface area contributed by atoms with Crippen molar-refractivity contribution in [1.82, 2.24) is 14.2 Å². The Morgan fingerprint density at radius 1 is 1.24 bits per heavy atom. The Kier molecular flexibility index (Phi) is 5.31. The third-order valence-corrected chi connectivity index (χ3v) is 6.27. The molecular weight excluding hydrogens is 342 g/mol. The zero-order valence-electron chi connectivity index (χ0n) is 14.7. The van der Waals surface area contributed by atoms with Crippen molar-refractivity contribution in [1.29, 1.82) is 0 Å². The number of benzene rings is 1. The van der Waals surface area contributed by atoms with Gasteiger partial charge in [0.15, 0.2) is 5.58 Å². The van der Waals surface area contributed by atoms with Gasteiger partial charge in [0.05, 0.1) is 10.4 Å². The predicted molar refractivity (Wildman–Crippen MR) is 96.2 cm³/mol. The maximum Gasteiger partial charge on any atom is 0.419 e. The van der Waals surface area contributed by atoms with Crippen molar-refractivity contribution in [2.75, 3.05) is 19.6 Å². The fourth-order valence-electron chi connectivity index (χ4n) is 3.32. The molecule has 1 fully saturated rings. The van der Waals surface area contributed by atoms with Gasteiger partial charge in [-0.2, -0.15) is 0 Å². The van der Waals surface area contributed by atoms with Crippen molar-refractivity contribution in [2.45, 2.75) is 50.6 Å². The number of fused-ring (bicyclic) bond motifs is 1. The molecule has 0 radical (unpaired) electrons. The van der Waals surface area contributed by atoms with E-state index >= 15 is 0 Å². The summed E-state index contributed by atoms with van der Waals surface area (Å²) in [6, 6.07) is 4.69. The Bertz CT molecular complexity index is 894. The topological polar surface area (TPSA) is 84.5 Å². The first kappa shape index (κ1) is 18.2. The van der Waals surface area contributed by atoms with Crippen LogP contribution in [0.25, 0.3) is 11.1 Å². The molecule has 1 aromatic heterocycles. The van der Waals surface area contributed by atoms with E-state index in [1.165, 1.54) is 36.0 Å². The number of rotatable bonds is 6. The van der Waals surface area contributed by atoms with E-state index in [2.05, 4.69) is 9.62 Å². The minimum Gasteiger partial charge on any atom is -0.408 e. The summed E-state index contributed by atoms with van der Waals surface area (Å²) >= 11 is 0. The summed E-state index contributed by atoms with van der Waals surface area (Å²) in [7, 11) is -3.64. The molecule has 1 aliphatic rings. The van der Waals surface area contributed by atoms with Crippen LogP contribution >= 0.6 is 0 Å². The Morgan fingerprint density at radius 2 is 1.96 bits per heavy atom. The molecule has 0 aliphatic carbocycles. The largest absolute Gasteiger partial charge is 0.419 e. The molecule has 1 aliphatic heterocycles. The van der Waals surface area contributed by atoms with Gasteiger partial charge in [-0.25, -0.2) is 17.9 Å². The Labute approximate surface area is 147 Å². The normalized spacial score (nSPS) is 17.8. The lowest BCUT2D eigenvalue weighted by atomic mass is 10.1. The molecule has 0 amide bonds. The first-order valence-electron chi connectivity index (χ1n) is 8.79. The molecule has 0 saturated carbocycles. The SMILES string of the molecule is CCn1c(=O)oc2cc(S(=O)(=O)NCC(C)N3CCCCC3)ccc21. The summed E-state index contributed by atoms with van der Waals surface area (Å²) in [5.74, 6) is -0.473. The monoisotopic (exact) mass is 367 g/mol. The molecule has 3 rings (SSSR count). The third-order valence-electron chi connectivity index (χ3n) is 4.85. The van der Waals surface area contributed by atoms with E-state index in [9.17, 15) is 13.2 Å². The first-order chi connectivity index (χ1) is 11.9. The minimum atomic E-state index is -3.64. The van der Waals surface area contributed by atoms with Gasteiger partial charge in [-0.15, -0.1) is 0 Å². The maximum absolute atomic E-state index is 12.6. The summed E-state index contributed by atoms with van der Waals surface area (Å²) in [4.78, 5) is 14.2. The van der Waals surface area contributed by atoms with Gasteiger partial charge in [-0.1, -0.05) is 6.42 Å². The van der Waals surface area contributed by atoms with Crippen molar-refractivity contribution < 1.29 is 12.8 Å². The highest BCUT2D eigenvalue weighted by molar-refractivity contribution is 7.89. The molecule has 1 unspecified atom stereocenters. The number of nitrogens with zero attached hydrogens (tertiary/aromatic N) is 2. The molecular formula is C17H25N3O4S. The highest BCUT2D eigenvalue weighted by atomic mass is 32.2. The fourth-order valence-corrected chi connectivity index (χ4v) is 4.45. The van der Waals surface area contributed by atoms with Crippen LogP contribution in [0.15, 0.2) is 32.3 Å². The molecule has 1 atom stereocenters. The Hall–Kier alpha value is -1.64. The van der Waals surface area contributed by atoms with E-state index in [0.717, 1.165) is 13.1 Å². The molecule has 0 spiro atoms. The van der Waals surface area contributed by atoms with Gasteiger partial charge in [0.25, 0.3) is 0 Å². The lowest BCUT2D eigenvalue weighted by Gasteiger charge is -2.32. The van der Waals surface area contributed by atoms with E-state index in [1.807, 2.05) is 13.8 Å². The Morgan fingerprint density at radius 3 is 2.64 bits per heavy atom. The van der Waals surface area contributed by atoms with Crippen LogP contribution in [0, 0.1) is 0 Å². The van der Waals surface area contributed by atoms with Crippen molar-refractivity contribution in [3.8, 4) is 0 Å². The van der Waals surface area contributed by atoms with Crippen molar-refractivity contribution >= 4 is 21.1 Å². The second kappa shape index (κ2) is 7.31. The maximum atomic E-state index is 12.6. The number of sulfonamides is 1. The highest BCUT2D eigenvalue weighted by Crippen LogP contribution is 2.19. The van der Waals surface area contributed by atoms with Gasteiger partial charge in [-0.3, -0.25) is 9.47 Å². The number of piperidine rings is 1. The van der Waals surface area contributed by atoms with Crippen LogP contribution in [-0.4, -0.2) is 43.6 Å². The highest BCUT2D eigenvalue weighted by Gasteiger charge is 2.21. The van der Waals surface area contributed by atoms with E-state index < -0.39 is 15.8 Å². The van der Waals surface area contributed by atoms with Gasteiger partial charge in [0.2, 0.25) is 10.0 Å². The standard InChI is InChI=1S/C17H25N3O4S/c1-3-20-15-8-7-14(11-16(15)24-17(20)21)25(22,23)18-12-13(2)19-9-5-4-6-10-19/h7-8,11,13,18H,3-6,9-10,12H2,1-2H3. The van der Waals surface area contributed by atoms with Crippen molar-refractivity contribution in [3.63, 3.8) is 0 Å². The molecule has 1 N–H and O–H groups in total. The van der Waals surface area contributed by atoms with Gasteiger partial charge < -0.3 is 4.42 Å². The van der Waals surface area contributed by atoms with Crippen LogP contribution in [0.1, 0.15) is 33.1 Å². The van der Waals surface area contributed by atoms with E-state index in [-0.39, 0.29) is 10.9 Å². The Balaban J connectivity index is 1.75. The predicted octanol–water partition coefficient (Wildman–Crippen LogP) is 1.77. The number of hydrogen-bond acceptors (Lipinski definition) is 5. The van der Waals surface area contributed by atoms with Crippen LogP contribution < -0.4 is 10.5 Å². The number of aryl methyl sites for hydroxylation is 1. The molecule has 0 bridgehead atoms. The quantitative estimate of drug-likeness (QED) is 0.841. The smallest absolute Gasteiger partial charge is 0.408 e. The summed E-state index contributed by atoms with van der Waals surface area (Å²) in [6.45, 7) is 6.75. The lowest BCUT2D eigenvalue weighted by Crippen LogP contribution is -2.44. The zero-order valence-corrected chi connectivity index (χ0v) is 15.5. The van der Waals surface area contributed by atoms with Gasteiger partial charge in [-0.05, 0) is 51.9 Å². The second-order valence-electron chi connectivity index (χ2n) is 6.54. The van der Waals surface area contributed by atoms with Gasteiger partial charge in [0.1, 0.15) is 0 Å². The van der Waals surface area contributed by atoms with Crippen LogP contribution in [0.3, 0.4) is 0 Å². The number of oxazole rings is 1. The van der Waals surface area contributed by atoms with E-state index in [4.69, 9.17) is 4.42 Å². The number of aromatic nitrogens is 1. The van der Waals surface area contributed by atoms with Crippen molar-refractivity contribution in [3.05, 3.63) is 28.7 Å². The summed E-state index contributed by atoms with van der Waals surface area (Å²) in [5, 5.41) is 0. The molecule has 1 aromatic carbocycles. The summed E-state index contributed by atoms with van der Waals surface area (Å²) in [5.41, 5.74) is 0.895. The van der Waals surface area contributed by atoms with Crippen LogP contribution in [0.4, 0.5) is 0 Å².